The number of hydrogen-bond donors (Lipinski definition) is 1. The van der Waals surface area contributed by atoms with Crippen LogP contribution < -0.4 is 4.90 Å². The number of phenols is 1. The van der Waals surface area contributed by atoms with Crippen LogP contribution in [0.25, 0.3) is 11.1 Å². The number of benzene rings is 3. The van der Waals surface area contributed by atoms with Gasteiger partial charge in [0.1, 0.15) is 11.6 Å². The minimum absolute atomic E-state index is 0.143. The summed E-state index contributed by atoms with van der Waals surface area (Å²) in [7, 11) is 1.37. The summed E-state index contributed by atoms with van der Waals surface area (Å²) in [5.41, 5.74) is 5.27. The summed E-state index contributed by atoms with van der Waals surface area (Å²) in [6.45, 7) is 1.99. The van der Waals surface area contributed by atoms with E-state index < -0.39 is 0 Å². The van der Waals surface area contributed by atoms with Gasteiger partial charge in [0.15, 0.2) is 0 Å². The van der Waals surface area contributed by atoms with Gasteiger partial charge in [0.25, 0.3) is 0 Å². The number of ether oxygens (including phenoxy) is 1. The second-order valence-electron chi connectivity index (χ2n) is 6.93. The van der Waals surface area contributed by atoms with Gasteiger partial charge in [-0.3, -0.25) is 4.79 Å². The number of esters is 1. The van der Waals surface area contributed by atoms with Gasteiger partial charge in [-0.25, -0.2) is 4.39 Å². The van der Waals surface area contributed by atoms with Crippen LogP contribution >= 0.6 is 0 Å². The normalized spacial score (nSPS) is 15.0. The first-order chi connectivity index (χ1) is 13.5. The highest BCUT2D eigenvalue weighted by molar-refractivity contribution is 5.90. The van der Waals surface area contributed by atoms with Crippen LogP contribution in [0.2, 0.25) is 0 Å². The third-order valence-electron chi connectivity index (χ3n) is 5.10. The molecule has 0 aliphatic carbocycles. The molecule has 4 rings (SSSR count). The van der Waals surface area contributed by atoms with E-state index in [1.807, 2.05) is 30.0 Å². The van der Waals surface area contributed by atoms with E-state index in [2.05, 4.69) is 0 Å². The summed E-state index contributed by atoms with van der Waals surface area (Å²) < 4.78 is 19.0. The third-order valence-corrected chi connectivity index (χ3v) is 5.10. The molecule has 5 heteroatoms. The van der Waals surface area contributed by atoms with E-state index in [4.69, 9.17) is 4.74 Å². The number of methoxy groups -OCH3 is 1. The Kier molecular flexibility index (Phi) is 4.51. The summed E-state index contributed by atoms with van der Waals surface area (Å²) in [5.74, 6) is -0.491. The van der Waals surface area contributed by atoms with E-state index in [-0.39, 0.29) is 30.0 Å². The average molecular weight is 377 g/mol. The van der Waals surface area contributed by atoms with E-state index in [1.165, 1.54) is 19.2 Å². The molecule has 0 saturated carbocycles. The number of carbonyl (C=O) groups excluding carboxylic acids is 1. The molecule has 1 aliphatic heterocycles. The standard InChI is InChI=1S/C23H20FNO3/c1-14-3-9-18-19(11-14)22(13-23(27)28-2)25(16-5-7-17(26)8-6-16)21-10-4-15(24)12-20(18)21/h3-12,22,26H,13H2,1-2H3. The van der Waals surface area contributed by atoms with Gasteiger partial charge in [-0.1, -0.05) is 23.8 Å². The summed E-state index contributed by atoms with van der Waals surface area (Å²) >= 11 is 0. The van der Waals surface area contributed by atoms with Gasteiger partial charge in [0.2, 0.25) is 0 Å². The van der Waals surface area contributed by atoms with Crippen LogP contribution in [0, 0.1) is 12.7 Å². The first kappa shape index (κ1) is 18.0. The third kappa shape index (κ3) is 3.09. The highest BCUT2D eigenvalue weighted by atomic mass is 19.1. The van der Waals surface area contributed by atoms with Gasteiger partial charge in [-0.2, -0.15) is 0 Å². The van der Waals surface area contributed by atoms with Crippen molar-refractivity contribution >= 4 is 17.3 Å². The zero-order valence-corrected chi connectivity index (χ0v) is 15.6. The molecule has 3 aromatic rings. The molecule has 0 fully saturated rings. The molecule has 0 aromatic heterocycles. The number of phenolic OH excluding ortho intramolecular Hbond substituents is 1. The first-order valence-electron chi connectivity index (χ1n) is 9.03. The van der Waals surface area contributed by atoms with E-state index in [0.717, 1.165) is 33.6 Å². The molecule has 0 bridgehead atoms. The fraction of sp³-hybridized carbons (Fsp3) is 0.174. The SMILES string of the molecule is COC(=O)CC1c2cc(C)ccc2-c2cc(F)ccc2N1c1ccc(O)cc1. The van der Waals surface area contributed by atoms with Crippen LogP contribution in [-0.2, 0) is 9.53 Å². The molecule has 1 N–H and O–H groups in total. The smallest absolute Gasteiger partial charge is 0.307 e. The number of fused-ring (bicyclic) bond motifs is 3. The molecule has 0 amide bonds. The monoisotopic (exact) mass is 377 g/mol. The lowest BCUT2D eigenvalue weighted by molar-refractivity contribution is -0.141. The Labute approximate surface area is 162 Å². The van der Waals surface area contributed by atoms with E-state index >= 15 is 0 Å². The Bertz CT molecular complexity index is 1050. The van der Waals surface area contributed by atoms with Crippen molar-refractivity contribution in [1.29, 1.82) is 0 Å². The van der Waals surface area contributed by atoms with E-state index in [9.17, 15) is 14.3 Å². The first-order valence-corrected chi connectivity index (χ1v) is 9.03. The van der Waals surface area contributed by atoms with Crippen molar-refractivity contribution < 1.29 is 19.0 Å². The van der Waals surface area contributed by atoms with Crippen molar-refractivity contribution in [3.63, 3.8) is 0 Å². The van der Waals surface area contributed by atoms with Crippen LogP contribution in [0.15, 0.2) is 60.7 Å². The van der Waals surface area contributed by atoms with Gasteiger partial charge in [-0.15, -0.1) is 0 Å². The molecular formula is C23H20FNO3. The van der Waals surface area contributed by atoms with Crippen molar-refractivity contribution in [2.75, 3.05) is 12.0 Å². The quantitative estimate of drug-likeness (QED) is 0.633. The van der Waals surface area contributed by atoms with Crippen LogP contribution in [0.5, 0.6) is 5.75 Å². The van der Waals surface area contributed by atoms with Crippen molar-refractivity contribution in [2.45, 2.75) is 19.4 Å². The van der Waals surface area contributed by atoms with Gasteiger partial charge in [0.05, 0.1) is 19.6 Å². The lowest BCUT2D eigenvalue weighted by Gasteiger charge is -2.40. The molecule has 0 radical (unpaired) electrons. The Morgan fingerprint density at radius 1 is 1.07 bits per heavy atom. The van der Waals surface area contributed by atoms with Gasteiger partial charge < -0.3 is 14.7 Å². The van der Waals surface area contributed by atoms with E-state index in [0.29, 0.717) is 0 Å². The molecule has 142 valence electrons. The molecule has 1 heterocycles. The van der Waals surface area contributed by atoms with Crippen LogP contribution in [0.4, 0.5) is 15.8 Å². The second kappa shape index (κ2) is 7.00. The van der Waals surface area contributed by atoms with Gasteiger partial charge >= 0.3 is 5.97 Å². The maximum atomic E-state index is 14.1. The van der Waals surface area contributed by atoms with Crippen molar-refractivity contribution in [1.82, 2.24) is 0 Å². The fourth-order valence-electron chi connectivity index (χ4n) is 3.82. The zero-order valence-electron chi connectivity index (χ0n) is 15.6. The van der Waals surface area contributed by atoms with Crippen LogP contribution in [0.3, 0.4) is 0 Å². The summed E-state index contributed by atoms with van der Waals surface area (Å²) in [6, 6.07) is 17.1. The van der Waals surface area contributed by atoms with Crippen molar-refractivity contribution in [3.8, 4) is 16.9 Å². The number of carbonyl (C=O) groups is 1. The number of aryl methyl sites for hydroxylation is 1. The second-order valence-corrected chi connectivity index (χ2v) is 6.93. The maximum absolute atomic E-state index is 14.1. The molecule has 1 atom stereocenters. The largest absolute Gasteiger partial charge is 0.508 e. The minimum Gasteiger partial charge on any atom is -0.508 e. The molecule has 4 nitrogen and oxygen atoms in total. The van der Waals surface area contributed by atoms with Gasteiger partial charge in [0, 0.05) is 16.9 Å². The van der Waals surface area contributed by atoms with Crippen molar-refractivity contribution in [3.05, 3.63) is 77.6 Å². The fourth-order valence-corrected chi connectivity index (χ4v) is 3.82. The number of nitrogens with zero attached hydrogens (tertiary/aromatic N) is 1. The zero-order chi connectivity index (χ0) is 19.8. The van der Waals surface area contributed by atoms with E-state index in [1.54, 1.807) is 30.3 Å². The topological polar surface area (TPSA) is 49.8 Å². The highest BCUT2D eigenvalue weighted by Crippen LogP contribution is 2.50. The number of hydrogen-bond acceptors (Lipinski definition) is 4. The predicted octanol–water partition coefficient (Wildman–Crippen LogP) is 5.26. The number of aromatic hydroxyl groups is 1. The average Bonchev–Trinajstić information content (AvgIpc) is 2.69. The summed E-state index contributed by atoms with van der Waals surface area (Å²) in [4.78, 5) is 14.2. The minimum atomic E-state index is -0.327. The molecule has 28 heavy (non-hydrogen) atoms. The van der Waals surface area contributed by atoms with Crippen LogP contribution in [-0.4, -0.2) is 18.2 Å². The Hall–Kier alpha value is -3.34. The molecule has 0 spiro atoms. The van der Waals surface area contributed by atoms with Crippen LogP contribution in [0.1, 0.15) is 23.6 Å². The lowest BCUT2D eigenvalue weighted by atomic mass is 9.85. The summed E-state index contributed by atoms with van der Waals surface area (Å²) in [6.07, 6.45) is 0.143. The Morgan fingerprint density at radius 2 is 1.82 bits per heavy atom. The highest BCUT2D eigenvalue weighted by Gasteiger charge is 2.34. The Morgan fingerprint density at radius 3 is 2.54 bits per heavy atom. The van der Waals surface area contributed by atoms with Crippen molar-refractivity contribution in [2.24, 2.45) is 0 Å². The number of rotatable bonds is 3. The number of anilines is 2. The molecule has 1 unspecified atom stereocenters. The lowest BCUT2D eigenvalue weighted by Crippen LogP contribution is -2.30. The number of halogens is 1. The molecule has 0 saturated heterocycles. The Balaban J connectivity index is 1.98. The molecule has 1 aliphatic rings. The molecular weight excluding hydrogens is 357 g/mol. The summed E-state index contributed by atoms with van der Waals surface area (Å²) in [5, 5.41) is 9.69. The van der Waals surface area contributed by atoms with Gasteiger partial charge in [-0.05, 0) is 60.5 Å². The predicted molar refractivity (Wildman–Crippen MR) is 106 cm³/mol. The maximum Gasteiger partial charge on any atom is 0.307 e. The molecule has 3 aromatic carbocycles.